The Hall–Kier alpha value is -0.580. The van der Waals surface area contributed by atoms with Crippen LogP contribution in [0, 0.1) is 0 Å². The minimum atomic E-state index is -0.816. The first kappa shape index (κ1) is 12.5. The van der Waals surface area contributed by atoms with Crippen LogP contribution in [0.4, 0.5) is 0 Å². The summed E-state index contributed by atoms with van der Waals surface area (Å²) in [6, 6.07) is 5.25. The highest BCUT2D eigenvalue weighted by Gasteiger charge is 2.25. The van der Waals surface area contributed by atoms with Crippen LogP contribution in [0.5, 0.6) is 0 Å². The maximum Gasteiger partial charge on any atom is 0.325 e. The van der Waals surface area contributed by atoms with E-state index in [-0.39, 0.29) is 12.4 Å². The molecule has 1 heterocycles. The molecule has 5 heteroatoms. The van der Waals surface area contributed by atoms with Gasteiger partial charge < -0.3 is 10.4 Å². The lowest BCUT2D eigenvalue weighted by Crippen LogP contribution is -2.34. The van der Waals surface area contributed by atoms with Gasteiger partial charge in [-0.05, 0) is 29.7 Å². The molecule has 0 fully saturated rings. The van der Waals surface area contributed by atoms with E-state index >= 15 is 0 Å². The molecule has 0 saturated heterocycles. The highest BCUT2D eigenvalue weighted by Crippen LogP contribution is 2.26. The molecule has 0 amide bonds. The Morgan fingerprint density at radius 2 is 2.27 bits per heavy atom. The average Bonchev–Trinajstić information content (AvgIpc) is 2.16. The normalized spacial score (nSPS) is 18.9. The van der Waals surface area contributed by atoms with Crippen LogP contribution in [0.3, 0.4) is 0 Å². The molecule has 1 aromatic rings. The maximum absolute atomic E-state index is 11.0. The molecular weight excluding hydrogens is 281 g/mol. The van der Waals surface area contributed by atoms with E-state index in [2.05, 4.69) is 21.2 Å². The Balaban J connectivity index is 0.00000112. The van der Waals surface area contributed by atoms with Gasteiger partial charge in [-0.2, -0.15) is 0 Å². The van der Waals surface area contributed by atoms with E-state index in [1.807, 2.05) is 18.2 Å². The van der Waals surface area contributed by atoms with Crippen LogP contribution in [0.25, 0.3) is 0 Å². The van der Waals surface area contributed by atoms with Crippen molar-refractivity contribution < 1.29 is 9.90 Å². The molecule has 2 N–H and O–H groups in total. The Labute approximate surface area is 102 Å². The fourth-order valence-corrected chi connectivity index (χ4v) is 2.12. The summed E-state index contributed by atoms with van der Waals surface area (Å²) < 4.78 is 0.922. The summed E-state index contributed by atoms with van der Waals surface area (Å²) >= 11 is 3.35. The molecule has 0 aromatic heterocycles. The minimum absolute atomic E-state index is 0. The second kappa shape index (κ2) is 4.96. The van der Waals surface area contributed by atoms with Crippen LogP contribution >= 0.6 is 28.3 Å². The summed E-state index contributed by atoms with van der Waals surface area (Å²) in [5.74, 6) is -0.816. The molecule has 1 aliphatic rings. The lowest BCUT2D eigenvalue weighted by Gasteiger charge is -2.23. The third-order valence-corrected chi connectivity index (χ3v) is 2.90. The Morgan fingerprint density at radius 1 is 1.53 bits per heavy atom. The quantitative estimate of drug-likeness (QED) is 0.834. The lowest BCUT2D eigenvalue weighted by molar-refractivity contribution is -0.139. The minimum Gasteiger partial charge on any atom is -0.480 e. The summed E-state index contributed by atoms with van der Waals surface area (Å²) in [6.45, 7) is 0.728. The van der Waals surface area contributed by atoms with Crippen molar-refractivity contribution in [1.29, 1.82) is 0 Å². The van der Waals surface area contributed by atoms with Crippen LogP contribution in [-0.4, -0.2) is 17.6 Å². The van der Waals surface area contributed by atoms with Crippen molar-refractivity contribution in [2.24, 2.45) is 0 Å². The van der Waals surface area contributed by atoms with Crippen molar-refractivity contribution in [2.45, 2.75) is 12.5 Å². The molecule has 15 heavy (non-hydrogen) atoms. The van der Waals surface area contributed by atoms with Gasteiger partial charge in [0.1, 0.15) is 6.04 Å². The second-order valence-electron chi connectivity index (χ2n) is 3.32. The molecule has 1 unspecified atom stereocenters. The fraction of sp³-hybridized carbons (Fsp3) is 0.300. The van der Waals surface area contributed by atoms with Gasteiger partial charge in [0.15, 0.2) is 0 Å². The van der Waals surface area contributed by atoms with Gasteiger partial charge in [-0.15, -0.1) is 12.4 Å². The van der Waals surface area contributed by atoms with Crippen molar-refractivity contribution in [2.75, 3.05) is 6.54 Å². The smallest absolute Gasteiger partial charge is 0.325 e. The van der Waals surface area contributed by atoms with Crippen molar-refractivity contribution in [3.05, 3.63) is 33.8 Å². The summed E-state index contributed by atoms with van der Waals surface area (Å²) in [7, 11) is 0. The van der Waals surface area contributed by atoms with E-state index in [1.54, 1.807) is 0 Å². The molecule has 2 rings (SSSR count). The first-order chi connectivity index (χ1) is 6.68. The number of nitrogens with one attached hydrogen (secondary N) is 1. The van der Waals surface area contributed by atoms with Crippen LogP contribution in [0.1, 0.15) is 17.2 Å². The molecule has 0 bridgehead atoms. The molecule has 1 atom stereocenters. The number of fused-ring (bicyclic) bond motifs is 1. The summed E-state index contributed by atoms with van der Waals surface area (Å²) in [6.07, 6.45) is 0.895. The van der Waals surface area contributed by atoms with E-state index in [0.29, 0.717) is 0 Å². The highest BCUT2D eigenvalue weighted by molar-refractivity contribution is 9.10. The molecule has 1 aliphatic heterocycles. The third kappa shape index (κ3) is 2.51. The summed E-state index contributed by atoms with van der Waals surface area (Å²) in [5.41, 5.74) is 2.00. The van der Waals surface area contributed by atoms with Gasteiger partial charge in [-0.1, -0.05) is 22.0 Å². The number of halogens is 2. The summed E-state index contributed by atoms with van der Waals surface area (Å²) in [4.78, 5) is 11.0. The van der Waals surface area contributed by atoms with E-state index in [1.165, 1.54) is 0 Å². The van der Waals surface area contributed by atoms with Gasteiger partial charge in [0, 0.05) is 11.0 Å². The molecule has 0 radical (unpaired) electrons. The molecule has 82 valence electrons. The molecular formula is C10H11BrClNO2. The number of hydrogen-bond acceptors (Lipinski definition) is 2. The molecule has 0 spiro atoms. The monoisotopic (exact) mass is 291 g/mol. The number of aliphatic carboxylic acids is 1. The number of benzene rings is 1. The van der Waals surface area contributed by atoms with Gasteiger partial charge in [-0.25, -0.2) is 0 Å². The zero-order valence-electron chi connectivity index (χ0n) is 7.87. The number of carbonyl (C=O) groups is 1. The van der Waals surface area contributed by atoms with Crippen molar-refractivity contribution in [1.82, 2.24) is 5.32 Å². The van der Waals surface area contributed by atoms with Crippen LogP contribution in [0.2, 0.25) is 0 Å². The Kier molecular flexibility index (Phi) is 4.13. The van der Waals surface area contributed by atoms with Crippen LogP contribution in [-0.2, 0) is 11.2 Å². The lowest BCUT2D eigenvalue weighted by atomic mass is 9.94. The predicted octanol–water partition coefficient (Wildman–Crippen LogP) is 2.14. The Morgan fingerprint density at radius 3 is 2.93 bits per heavy atom. The average molecular weight is 293 g/mol. The van der Waals surface area contributed by atoms with Crippen molar-refractivity contribution >= 4 is 34.3 Å². The molecule has 0 saturated carbocycles. The van der Waals surface area contributed by atoms with Gasteiger partial charge in [0.05, 0.1) is 0 Å². The zero-order valence-corrected chi connectivity index (χ0v) is 10.3. The SMILES string of the molecule is Cl.O=C(O)C1NCCc2ccc(Br)cc21. The van der Waals surface area contributed by atoms with E-state index in [4.69, 9.17) is 5.11 Å². The number of hydrogen-bond donors (Lipinski definition) is 2. The topological polar surface area (TPSA) is 49.3 Å². The first-order valence-electron chi connectivity index (χ1n) is 4.43. The third-order valence-electron chi connectivity index (χ3n) is 2.41. The van der Waals surface area contributed by atoms with Crippen LogP contribution in [0.15, 0.2) is 22.7 Å². The van der Waals surface area contributed by atoms with Crippen molar-refractivity contribution in [3.63, 3.8) is 0 Å². The maximum atomic E-state index is 11.0. The van der Waals surface area contributed by atoms with Gasteiger partial charge in [0.25, 0.3) is 0 Å². The standard InChI is InChI=1S/C10H10BrNO2.ClH/c11-7-2-1-6-3-4-12-9(10(13)14)8(6)5-7;/h1-2,5,9,12H,3-4H2,(H,13,14);1H. The summed E-state index contributed by atoms with van der Waals surface area (Å²) in [5, 5.41) is 12.0. The first-order valence-corrected chi connectivity index (χ1v) is 5.22. The van der Waals surface area contributed by atoms with E-state index in [9.17, 15) is 4.79 Å². The van der Waals surface area contributed by atoms with E-state index in [0.717, 1.165) is 28.6 Å². The molecule has 3 nitrogen and oxygen atoms in total. The highest BCUT2D eigenvalue weighted by atomic mass is 79.9. The van der Waals surface area contributed by atoms with E-state index < -0.39 is 12.0 Å². The van der Waals surface area contributed by atoms with Crippen LogP contribution < -0.4 is 5.32 Å². The largest absolute Gasteiger partial charge is 0.480 e. The predicted molar refractivity (Wildman–Crippen MR) is 63.5 cm³/mol. The number of carboxylic acid groups (broad SMARTS) is 1. The van der Waals surface area contributed by atoms with Crippen molar-refractivity contribution in [3.8, 4) is 0 Å². The molecule has 1 aromatic carbocycles. The number of rotatable bonds is 1. The Bertz CT molecular complexity index is 384. The van der Waals surface area contributed by atoms with Gasteiger partial charge >= 0.3 is 5.97 Å². The second-order valence-corrected chi connectivity index (χ2v) is 4.23. The van der Waals surface area contributed by atoms with Gasteiger partial charge in [0.2, 0.25) is 0 Å². The fourth-order valence-electron chi connectivity index (χ4n) is 1.74. The zero-order chi connectivity index (χ0) is 10.1. The molecule has 0 aliphatic carbocycles. The van der Waals surface area contributed by atoms with Gasteiger partial charge in [-0.3, -0.25) is 4.79 Å². The number of carboxylic acids is 1.